The smallest absolute Gasteiger partial charge is 0.228 e. The maximum atomic E-state index is 12.3. The molecule has 3 heterocycles. The van der Waals surface area contributed by atoms with E-state index in [1.54, 1.807) is 43.6 Å². The number of benzene rings is 1. The predicted molar refractivity (Wildman–Crippen MR) is 129 cm³/mol. The standard InChI is InChI=1S/C23H23N7O3S/c1-30-12-26-21(29-30)15-4-3-5-17(20(15)33-2)27-18-8-19(28-22(32)13-6-7-13)24-10-16(18)23-25-9-14(11-31)34-23/h3-5,8-10,12-13,31H,6-7,11H2,1-2H3,(H2,24,27,28,32). The third kappa shape index (κ3) is 4.47. The molecule has 3 aromatic heterocycles. The molecule has 1 saturated carbocycles. The largest absolute Gasteiger partial charge is 0.494 e. The molecule has 174 valence electrons. The minimum Gasteiger partial charge on any atom is -0.494 e. The molecule has 0 spiro atoms. The van der Waals surface area contributed by atoms with Gasteiger partial charge in [-0.25, -0.2) is 15.0 Å². The van der Waals surface area contributed by atoms with Crippen LogP contribution in [0.2, 0.25) is 0 Å². The Balaban J connectivity index is 1.55. The number of carbonyl (C=O) groups is 1. The van der Waals surface area contributed by atoms with Gasteiger partial charge in [0.15, 0.2) is 11.6 Å². The molecule has 34 heavy (non-hydrogen) atoms. The Labute approximate surface area is 199 Å². The van der Waals surface area contributed by atoms with Gasteiger partial charge in [0.2, 0.25) is 5.91 Å². The number of aliphatic hydroxyl groups excluding tert-OH is 1. The minimum atomic E-state index is -0.0870. The van der Waals surface area contributed by atoms with Gasteiger partial charge in [-0.15, -0.1) is 11.3 Å². The average Bonchev–Trinajstić information content (AvgIpc) is 3.44. The number of nitrogens with zero attached hydrogens (tertiary/aromatic N) is 5. The molecule has 0 aliphatic heterocycles. The van der Waals surface area contributed by atoms with E-state index < -0.39 is 0 Å². The molecule has 11 heteroatoms. The van der Waals surface area contributed by atoms with E-state index in [1.165, 1.54) is 11.3 Å². The highest BCUT2D eigenvalue weighted by atomic mass is 32.1. The minimum absolute atomic E-state index is 0.0242. The van der Waals surface area contributed by atoms with E-state index in [0.29, 0.717) is 33.8 Å². The Morgan fingerprint density at radius 1 is 1.21 bits per heavy atom. The highest BCUT2D eigenvalue weighted by molar-refractivity contribution is 7.15. The number of carbonyl (C=O) groups excluding carboxylic acids is 1. The second kappa shape index (κ2) is 9.20. The number of methoxy groups -OCH3 is 1. The number of aromatic nitrogens is 5. The average molecular weight is 478 g/mol. The lowest BCUT2D eigenvalue weighted by Crippen LogP contribution is -2.14. The summed E-state index contributed by atoms with van der Waals surface area (Å²) in [5.41, 5.74) is 2.85. The topological polar surface area (TPSA) is 127 Å². The van der Waals surface area contributed by atoms with Crippen molar-refractivity contribution in [2.24, 2.45) is 13.0 Å². The number of pyridine rings is 1. The molecule has 5 rings (SSSR count). The fourth-order valence-corrected chi connectivity index (χ4v) is 4.31. The number of para-hydroxylation sites is 1. The van der Waals surface area contributed by atoms with Crippen LogP contribution < -0.4 is 15.4 Å². The van der Waals surface area contributed by atoms with Crippen LogP contribution in [0, 0.1) is 5.92 Å². The van der Waals surface area contributed by atoms with Gasteiger partial charge in [0, 0.05) is 31.4 Å². The number of nitrogens with one attached hydrogen (secondary N) is 2. The predicted octanol–water partition coefficient (Wildman–Crippen LogP) is 3.59. The van der Waals surface area contributed by atoms with Gasteiger partial charge in [0.05, 0.1) is 41.1 Å². The zero-order valence-corrected chi connectivity index (χ0v) is 19.5. The SMILES string of the molecule is COc1c(Nc2cc(NC(=O)C3CC3)ncc2-c2ncc(CO)s2)cccc1-c1ncn(C)n1. The summed E-state index contributed by atoms with van der Waals surface area (Å²) in [5.74, 6) is 1.61. The van der Waals surface area contributed by atoms with Crippen LogP contribution in [0.3, 0.4) is 0 Å². The van der Waals surface area contributed by atoms with Crippen molar-refractivity contribution in [2.75, 3.05) is 17.7 Å². The summed E-state index contributed by atoms with van der Waals surface area (Å²) in [6.45, 7) is -0.0870. The monoisotopic (exact) mass is 477 g/mol. The lowest BCUT2D eigenvalue weighted by Gasteiger charge is -2.16. The Morgan fingerprint density at radius 2 is 2.06 bits per heavy atom. The number of ether oxygens (including phenoxy) is 1. The normalized spacial score (nSPS) is 13.0. The van der Waals surface area contributed by atoms with E-state index in [1.807, 2.05) is 18.2 Å². The third-order valence-corrected chi connectivity index (χ3v) is 6.39. The molecule has 1 aromatic carbocycles. The van der Waals surface area contributed by atoms with Crippen LogP contribution in [-0.2, 0) is 18.4 Å². The van der Waals surface area contributed by atoms with Crippen LogP contribution in [0.4, 0.5) is 17.2 Å². The molecule has 1 aliphatic carbocycles. The fraction of sp³-hybridized carbons (Fsp3) is 0.261. The number of hydrogen-bond acceptors (Lipinski definition) is 9. The number of amides is 1. The number of anilines is 3. The molecule has 1 fully saturated rings. The van der Waals surface area contributed by atoms with Gasteiger partial charge in [-0.1, -0.05) is 6.07 Å². The van der Waals surface area contributed by atoms with Crippen molar-refractivity contribution >= 4 is 34.4 Å². The van der Waals surface area contributed by atoms with Gasteiger partial charge in [-0.2, -0.15) is 5.10 Å². The summed E-state index contributed by atoms with van der Waals surface area (Å²) < 4.78 is 7.36. The molecule has 0 saturated heterocycles. The molecule has 0 unspecified atom stereocenters. The second-order valence-electron chi connectivity index (χ2n) is 7.92. The quantitative estimate of drug-likeness (QED) is 0.351. The molecule has 3 N–H and O–H groups in total. The van der Waals surface area contributed by atoms with E-state index in [4.69, 9.17) is 4.74 Å². The molecule has 10 nitrogen and oxygen atoms in total. The van der Waals surface area contributed by atoms with E-state index in [-0.39, 0.29) is 18.4 Å². The summed E-state index contributed by atoms with van der Waals surface area (Å²) in [7, 11) is 3.40. The van der Waals surface area contributed by atoms with E-state index >= 15 is 0 Å². The molecule has 0 radical (unpaired) electrons. The zero-order chi connectivity index (χ0) is 23.7. The van der Waals surface area contributed by atoms with E-state index in [0.717, 1.165) is 28.8 Å². The van der Waals surface area contributed by atoms with E-state index in [2.05, 4.69) is 30.7 Å². The van der Waals surface area contributed by atoms with Crippen LogP contribution in [0.25, 0.3) is 22.0 Å². The van der Waals surface area contributed by atoms with Crippen LogP contribution in [0.1, 0.15) is 17.7 Å². The first-order chi connectivity index (χ1) is 16.6. The summed E-state index contributed by atoms with van der Waals surface area (Å²) in [5, 5.41) is 20.9. The van der Waals surface area contributed by atoms with Crippen LogP contribution >= 0.6 is 11.3 Å². The number of aliphatic hydroxyl groups is 1. The Morgan fingerprint density at radius 3 is 2.74 bits per heavy atom. The molecular formula is C23H23N7O3S. The summed E-state index contributed by atoms with van der Waals surface area (Å²) in [4.78, 5) is 26.3. The molecule has 4 aromatic rings. The molecule has 0 atom stereocenters. The van der Waals surface area contributed by atoms with Crippen molar-refractivity contribution < 1.29 is 14.6 Å². The zero-order valence-electron chi connectivity index (χ0n) is 18.6. The first kappa shape index (κ1) is 22.0. The second-order valence-corrected chi connectivity index (χ2v) is 9.04. The highest BCUT2D eigenvalue weighted by Crippen LogP contribution is 2.40. The Hall–Kier alpha value is -3.83. The maximum absolute atomic E-state index is 12.3. The summed E-state index contributed by atoms with van der Waals surface area (Å²) in [6.07, 6.45) is 6.75. The van der Waals surface area contributed by atoms with Crippen molar-refractivity contribution in [1.29, 1.82) is 0 Å². The fourth-order valence-electron chi connectivity index (χ4n) is 3.52. The van der Waals surface area contributed by atoms with Crippen LogP contribution in [0.15, 0.2) is 43.0 Å². The molecule has 1 aliphatic rings. The van der Waals surface area contributed by atoms with Crippen molar-refractivity contribution in [3.8, 4) is 27.7 Å². The van der Waals surface area contributed by atoms with Crippen molar-refractivity contribution in [3.63, 3.8) is 0 Å². The maximum Gasteiger partial charge on any atom is 0.228 e. The van der Waals surface area contributed by atoms with Gasteiger partial charge >= 0.3 is 0 Å². The van der Waals surface area contributed by atoms with Gasteiger partial charge < -0.3 is 20.5 Å². The van der Waals surface area contributed by atoms with Gasteiger partial charge in [0.25, 0.3) is 0 Å². The molecular weight excluding hydrogens is 454 g/mol. The van der Waals surface area contributed by atoms with Crippen LogP contribution in [-0.4, -0.2) is 42.9 Å². The first-order valence-corrected chi connectivity index (χ1v) is 11.5. The van der Waals surface area contributed by atoms with Gasteiger partial charge in [-0.05, 0) is 25.0 Å². The number of hydrogen-bond donors (Lipinski definition) is 3. The number of aryl methyl sites for hydroxylation is 1. The summed E-state index contributed by atoms with van der Waals surface area (Å²) >= 11 is 1.38. The van der Waals surface area contributed by atoms with Crippen molar-refractivity contribution in [3.05, 3.63) is 47.9 Å². The van der Waals surface area contributed by atoms with E-state index in [9.17, 15) is 9.90 Å². The number of rotatable bonds is 8. The molecule has 1 amide bonds. The van der Waals surface area contributed by atoms with Crippen molar-refractivity contribution in [2.45, 2.75) is 19.4 Å². The summed E-state index contributed by atoms with van der Waals surface area (Å²) in [6, 6.07) is 7.45. The first-order valence-electron chi connectivity index (χ1n) is 10.7. The third-order valence-electron chi connectivity index (χ3n) is 5.37. The highest BCUT2D eigenvalue weighted by Gasteiger charge is 2.30. The lowest BCUT2D eigenvalue weighted by atomic mass is 10.1. The van der Waals surface area contributed by atoms with Crippen molar-refractivity contribution in [1.82, 2.24) is 24.7 Å². The van der Waals surface area contributed by atoms with Gasteiger partial charge in [0.1, 0.15) is 17.2 Å². The van der Waals surface area contributed by atoms with Gasteiger partial charge in [-0.3, -0.25) is 9.48 Å². The number of thiazole rings is 1. The van der Waals surface area contributed by atoms with Crippen LogP contribution in [0.5, 0.6) is 5.75 Å². The lowest BCUT2D eigenvalue weighted by molar-refractivity contribution is -0.117. The Kier molecular flexibility index (Phi) is 5.95. The molecule has 0 bridgehead atoms. The Bertz CT molecular complexity index is 1350.